The highest BCUT2D eigenvalue weighted by Crippen LogP contribution is 2.21. The van der Waals surface area contributed by atoms with Crippen LogP contribution in [0.4, 0.5) is 13.2 Å². The van der Waals surface area contributed by atoms with Crippen LogP contribution in [-0.4, -0.2) is 41.8 Å². The Morgan fingerprint density at radius 2 is 1.72 bits per heavy atom. The molecule has 0 radical (unpaired) electrons. The second-order valence-corrected chi connectivity index (χ2v) is 6.20. The zero-order valence-corrected chi connectivity index (χ0v) is 14.4. The van der Waals surface area contributed by atoms with Gasteiger partial charge in [-0.2, -0.15) is 13.2 Å². The lowest BCUT2D eigenvalue weighted by atomic mass is 10.0. The van der Waals surface area contributed by atoms with Crippen LogP contribution in [0.1, 0.15) is 36.2 Å². The lowest BCUT2D eigenvalue weighted by Crippen LogP contribution is -2.50. The molecule has 0 saturated heterocycles. The average Bonchev–Trinajstić information content (AvgIpc) is 2.51. The number of aliphatic hydroxyl groups excluding tert-OH is 1. The van der Waals surface area contributed by atoms with Crippen LogP contribution in [0.3, 0.4) is 0 Å². The Labute approximate surface area is 144 Å². The van der Waals surface area contributed by atoms with Crippen molar-refractivity contribution in [1.29, 1.82) is 0 Å². The predicted octanol–water partition coefficient (Wildman–Crippen LogP) is 2.18. The molecule has 0 aromatic heterocycles. The van der Waals surface area contributed by atoms with Crippen molar-refractivity contribution in [1.82, 2.24) is 10.6 Å². The molecule has 8 heteroatoms. The molecule has 1 aromatic rings. The summed E-state index contributed by atoms with van der Waals surface area (Å²) in [6, 6.07) is 5.88. The number of rotatable bonds is 7. The molecule has 0 spiro atoms. The number of carbonyl (C=O) groups excluding carboxylic acids is 2. The molecule has 1 aromatic carbocycles. The number of aliphatic hydroxyl groups is 1. The van der Waals surface area contributed by atoms with Gasteiger partial charge in [0.05, 0.1) is 0 Å². The van der Waals surface area contributed by atoms with E-state index in [2.05, 4.69) is 10.6 Å². The maximum atomic E-state index is 12.2. The highest BCUT2D eigenvalue weighted by atomic mass is 19.4. The van der Waals surface area contributed by atoms with E-state index in [1.54, 1.807) is 38.1 Å². The number of benzene rings is 1. The quantitative estimate of drug-likeness (QED) is 0.697. The third kappa shape index (κ3) is 6.74. The van der Waals surface area contributed by atoms with Gasteiger partial charge in [-0.05, 0) is 31.4 Å². The number of hydrogen-bond acceptors (Lipinski definition) is 3. The smallest absolute Gasteiger partial charge is 0.384 e. The molecule has 1 rings (SSSR count). The molecule has 0 heterocycles. The van der Waals surface area contributed by atoms with E-state index in [0.717, 1.165) is 5.56 Å². The van der Waals surface area contributed by atoms with Gasteiger partial charge in [0.1, 0.15) is 6.04 Å². The molecule has 0 fully saturated rings. The number of carbonyl (C=O) groups is 2. The highest BCUT2D eigenvalue weighted by molar-refractivity contribution is 5.97. The number of aryl methyl sites for hydroxylation is 1. The van der Waals surface area contributed by atoms with Crippen LogP contribution in [0, 0.1) is 12.8 Å². The van der Waals surface area contributed by atoms with Gasteiger partial charge in [0.15, 0.2) is 6.10 Å². The normalized spacial score (nSPS) is 14.1. The summed E-state index contributed by atoms with van der Waals surface area (Å²) in [5, 5.41) is 13.8. The van der Waals surface area contributed by atoms with E-state index in [9.17, 15) is 22.8 Å². The van der Waals surface area contributed by atoms with Crippen LogP contribution < -0.4 is 10.6 Å². The van der Waals surface area contributed by atoms with Gasteiger partial charge in [0.25, 0.3) is 5.91 Å². The minimum absolute atomic E-state index is 0.262. The number of alkyl halides is 3. The predicted molar refractivity (Wildman–Crippen MR) is 87.0 cm³/mol. The minimum atomic E-state index is -4.72. The van der Waals surface area contributed by atoms with Crippen molar-refractivity contribution < 1.29 is 27.9 Å². The second kappa shape index (κ2) is 8.84. The fraction of sp³-hybridized carbons (Fsp3) is 0.529. The van der Waals surface area contributed by atoms with Crippen molar-refractivity contribution in [2.75, 3.05) is 6.54 Å². The van der Waals surface area contributed by atoms with E-state index in [4.69, 9.17) is 5.11 Å². The summed E-state index contributed by atoms with van der Waals surface area (Å²) in [6.45, 7) is 4.96. The third-order valence-corrected chi connectivity index (χ3v) is 3.64. The minimum Gasteiger partial charge on any atom is -0.384 e. The van der Waals surface area contributed by atoms with Crippen LogP contribution in [0.25, 0.3) is 0 Å². The van der Waals surface area contributed by atoms with Gasteiger partial charge in [0, 0.05) is 12.1 Å². The van der Waals surface area contributed by atoms with E-state index >= 15 is 0 Å². The molecular formula is C17H23F3N2O3. The Morgan fingerprint density at radius 1 is 1.16 bits per heavy atom. The Balaban J connectivity index is 2.62. The Hall–Kier alpha value is -2.09. The van der Waals surface area contributed by atoms with Gasteiger partial charge in [-0.1, -0.05) is 31.5 Å². The summed E-state index contributed by atoms with van der Waals surface area (Å²) in [4.78, 5) is 24.4. The molecule has 2 atom stereocenters. The van der Waals surface area contributed by atoms with Gasteiger partial charge in [0.2, 0.25) is 5.91 Å². The number of halogens is 3. The van der Waals surface area contributed by atoms with Crippen LogP contribution in [0.2, 0.25) is 0 Å². The first-order valence-electron chi connectivity index (χ1n) is 7.92. The van der Waals surface area contributed by atoms with Crippen molar-refractivity contribution in [3.05, 3.63) is 35.4 Å². The fourth-order valence-corrected chi connectivity index (χ4v) is 2.07. The second-order valence-electron chi connectivity index (χ2n) is 6.20. The maximum Gasteiger partial charge on any atom is 0.414 e. The summed E-state index contributed by atoms with van der Waals surface area (Å²) in [6.07, 6.45) is -7.86. The average molecular weight is 360 g/mol. The molecule has 0 aliphatic carbocycles. The highest BCUT2D eigenvalue weighted by Gasteiger charge is 2.37. The standard InChI is InChI=1S/C17H23F3N2O3/c1-10(2)14(16(25)21-9-8-13(23)17(18,19)20)22-15(24)12-6-4-11(3)5-7-12/h4-7,10,13-14,23H,8-9H2,1-3H3,(H,21,25)(H,22,24)/t13-,14+/m1/s1. The molecular weight excluding hydrogens is 337 g/mol. The lowest BCUT2D eigenvalue weighted by molar-refractivity contribution is -0.205. The molecule has 5 nitrogen and oxygen atoms in total. The van der Waals surface area contributed by atoms with Crippen LogP contribution in [0.15, 0.2) is 24.3 Å². The molecule has 2 amide bonds. The number of hydrogen-bond donors (Lipinski definition) is 3. The molecule has 0 aliphatic heterocycles. The summed E-state index contributed by atoms with van der Waals surface area (Å²) in [5.74, 6) is -1.30. The Bertz CT molecular complexity index is 586. The van der Waals surface area contributed by atoms with E-state index < -0.39 is 36.6 Å². The van der Waals surface area contributed by atoms with Crippen LogP contribution in [0.5, 0.6) is 0 Å². The zero-order valence-electron chi connectivity index (χ0n) is 14.4. The van der Waals surface area contributed by atoms with Gasteiger partial charge in [-0.25, -0.2) is 0 Å². The third-order valence-electron chi connectivity index (χ3n) is 3.64. The van der Waals surface area contributed by atoms with E-state index in [1.165, 1.54) is 0 Å². The molecule has 0 aliphatic rings. The summed E-state index contributed by atoms with van der Waals surface area (Å²) >= 11 is 0. The molecule has 0 unspecified atom stereocenters. The Kier molecular flexibility index (Phi) is 7.41. The van der Waals surface area contributed by atoms with Gasteiger partial charge in [-0.15, -0.1) is 0 Å². The van der Waals surface area contributed by atoms with Crippen LogP contribution >= 0.6 is 0 Å². The van der Waals surface area contributed by atoms with Gasteiger partial charge in [-0.3, -0.25) is 9.59 Å². The first-order chi connectivity index (χ1) is 11.5. The van der Waals surface area contributed by atoms with Crippen molar-refractivity contribution in [3.8, 4) is 0 Å². The summed E-state index contributed by atoms with van der Waals surface area (Å²) in [7, 11) is 0. The van der Waals surface area contributed by atoms with Crippen molar-refractivity contribution in [3.63, 3.8) is 0 Å². The fourth-order valence-electron chi connectivity index (χ4n) is 2.07. The lowest BCUT2D eigenvalue weighted by Gasteiger charge is -2.22. The van der Waals surface area contributed by atoms with E-state index in [-0.39, 0.29) is 12.5 Å². The molecule has 25 heavy (non-hydrogen) atoms. The monoisotopic (exact) mass is 360 g/mol. The van der Waals surface area contributed by atoms with Crippen LogP contribution in [-0.2, 0) is 4.79 Å². The summed E-state index contributed by atoms with van der Waals surface area (Å²) in [5.41, 5.74) is 1.37. The zero-order chi connectivity index (χ0) is 19.2. The molecule has 3 N–H and O–H groups in total. The largest absolute Gasteiger partial charge is 0.414 e. The van der Waals surface area contributed by atoms with Gasteiger partial charge >= 0.3 is 6.18 Å². The molecule has 0 bridgehead atoms. The number of amides is 2. The first kappa shape index (κ1) is 21.0. The van der Waals surface area contributed by atoms with Crippen molar-refractivity contribution >= 4 is 11.8 Å². The van der Waals surface area contributed by atoms with E-state index in [0.29, 0.717) is 5.56 Å². The van der Waals surface area contributed by atoms with Crippen molar-refractivity contribution in [2.24, 2.45) is 5.92 Å². The molecule has 0 saturated carbocycles. The summed E-state index contributed by atoms with van der Waals surface area (Å²) < 4.78 is 36.7. The maximum absolute atomic E-state index is 12.2. The first-order valence-corrected chi connectivity index (χ1v) is 7.92. The molecule has 140 valence electrons. The topological polar surface area (TPSA) is 78.4 Å². The Morgan fingerprint density at radius 3 is 2.20 bits per heavy atom. The van der Waals surface area contributed by atoms with E-state index in [1.807, 2.05) is 6.92 Å². The number of nitrogens with one attached hydrogen (secondary N) is 2. The SMILES string of the molecule is Cc1ccc(C(=O)N[C@H](C(=O)NCC[C@@H](O)C(F)(F)F)C(C)C)cc1. The van der Waals surface area contributed by atoms with Gasteiger partial charge < -0.3 is 15.7 Å². The van der Waals surface area contributed by atoms with Crippen molar-refractivity contribution in [2.45, 2.75) is 45.5 Å².